The standard InChI is InChI=1S/C32H44N4O4/c1-21-11-13-24(14-12-21)33-29(37)26-25-15-16-32(40-25)27(26)31(39)36(19-7-18-35-17-6-8-22(2)20-35)28(32)30(38)34-23-9-4-3-5-10-23/h11-16,22-23,25-28H,3-10,17-20H2,1-2H3,(H,33,37)(H,34,38)/t22?,25-,26?,27-,28?,32?/m0/s1. The Labute approximate surface area is 237 Å². The molecule has 1 aromatic rings. The zero-order chi connectivity index (χ0) is 27.9. The summed E-state index contributed by atoms with van der Waals surface area (Å²) in [7, 11) is 0. The summed E-state index contributed by atoms with van der Waals surface area (Å²) < 4.78 is 6.50. The van der Waals surface area contributed by atoms with Crippen molar-refractivity contribution in [3.63, 3.8) is 0 Å². The van der Waals surface area contributed by atoms with Crippen molar-refractivity contribution in [1.82, 2.24) is 15.1 Å². The summed E-state index contributed by atoms with van der Waals surface area (Å²) in [6.45, 7) is 7.86. The Morgan fingerprint density at radius 2 is 1.80 bits per heavy atom. The third kappa shape index (κ3) is 5.09. The van der Waals surface area contributed by atoms with Crippen molar-refractivity contribution >= 4 is 23.4 Å². The van der Waals surface area contributed by atoms with Crippen molar-refractivity contribution in [2.75, 3.05) is 31.5 Å². The van der Waals surface area contributed by atoms with E-state index in [1.165, 1.54) is 19.3 Å². The normalized spacial score (nSPS) is 33.8. The third-order valence-electron chi connectivity index (χ3n) is 9.81. The Balaban J connectivity index is 1.23. The van der Waals surface area contributed by atoms with E-state index >= 15 is 0 Å². The fourth-order valence-corrected chi connectivity index (χ4v) is 7.85. The predicted molar refractivity (Wildman–Crippen MR) is 154 cm³/mol. The van der Waals surface area contributed by atoms with Crippen LogP contribution in [0.15, 0.2) is 36.4 Å². The first-order valence-electron chi connectivity index (χ1n) is 15.4. The van der Waals surface area contributed by atoms with Gasteiger partial charge in [-0.15, -0.1) is 0 Å². The molecule has 3 amide bonds. The highest BCUT2D eigenvalue weighted by molar-refractivity contribution is 6.02. The molecule has 4 fully saturated rings. The van der Waals surface area contributed by atoms with Crippen molar-refractivity contribution in [2.24, 2.45) is 17.8 Å². The molecule has 8 nitrogen and oxygen atoms in total. The number of anilines is 1. The molecule has 2 bridgehead atoms. The number of amides is 3. The number of aryl methyl sites for hydroxylation is 1. The van der Waals surface area contributed by atoms with Gasteiger partial charge in [-0.1, -0.05) is 56.0 Å². The Kier molecular flexibility index (Phi) is 7.75. The molecule has 40 heavy (non-hydrogen) atoms. The highest BCUT2D eigenvalue weighted by Crippen LogP contribution is 2.55. The number of likely N-dealkylation sites (tertiary alicyclic amines) is 2. The van der Waals surface area contributed by atoms with Crippen molar-refractivity contribution in [3.8, 4) is 0 Å². The van der Waals surface area contributed by atoms with Crippen LogP contribution in [0, 0.1) is 24.7 Å². The van der Waals surface area contributed by atoms with Crippen LogP contribution < -0.4 is 10.6 Å². The van der Waals surface area contributed by atoms with Gasteiger partial charge in [0.15, 0.2) is 0 Å². The maximum absolute atomic E-state index is 14.2. The summed E-state index contributed by atoms with van der Waals surface area (Å²) in [5.41, 5.74) is 0.701. The molecule has 4 heterocycles. The number of carbonyl (C=O) groups is 3. The van der Waals surface area contributed by atoms with E-state index in [1.807, 2.05) is 43.3 Å². The van der Waals surface area contributed by atoms with Gasteiger partial charge in [0.1, 0.15) is 11.6 Å². The molecule has 4 aliphatic heterocycles. The van der Waals surface area contributed by atoms with Crippen molar-refractivity contribution in [2.45, 2.75) is 89.0 Å². The molecule has 1 aromatic carbocycles. The lowest BCUT2D eigenvalue weighted by atomic mass is 9.74. The van der Waals surface area contributed by atoms with Gasteiger partial charge in [0.2, 0.25) is 17.7 Å². The summed E-state index contributed by atoms with van der Waals surface area (Å²) in [6.07, 6.45) is 11.9. The number of hydrogen-bond acceptors (Lipinski definition) is 5. The highest BCUT2D eigenvalue weighted by atomic mass is 16.5. The molecule has 6 atom stereocenters. The fraction of sp³-hybridized carbons (Fsp3) is 0.656. The Bertz CT molecular complexity index is 1150. The largest absolute Gasteiger partial charge is 0.359 e. The van der Waals surface area contributed by atoms with Gasteiger partial charge in [-0.25, -0.2) is 0 Å². The van der Waals surface area contributed by atoms with E-state index < -0.39 is 29.6 Å². The summed E-state index contributed by atoms with van der Waals surface area (Å²) >= 11 is 0. The number of nitrogens with one attached hydrogen (secondary N) is 2. The molecular formula is C32H44N4O4. The molecule has 1 saturated carbocycles. The molecule has 1 aliphatic carbocycles. The highest BCUT2D eigenvalue weighted by Gasteiger charge is 2.72. The first-order chi connectivity index (χ1) is 19.4. The number of fused-ring (bicyclic) bond motifs is 1. The van der Waals surface area contributed by atoms with Crippen molar-refractivity contribution in [1.29, 1.82) is 0 Å². The number of carbonyl (C=O) groups excluding carboxylic acids is 3. The Morgan fingerprint density at radius 3 is 2.55 bits per heavy atom. The van der Waals surface area contributed by atoms with Crippen molar-refractivity contribution < 1.29 is 19.1 Å². The molecule has 5 aliphatic rings. The van der Waals surface area contributed by atoms with E-state index in [0.717, 1.165) is 57.3 Å². The van der Waals surface area contributed by atoms with Gasteiger partial charge < -0.3 is 25.2 Å². The topological polar surface area (TPSA) is 91.0 Å². The number of nitrogens with zero attached hydrogens (tertiary/aromatic N) is 2. The van der Waals surface area contributed by atoms with Crippen LogP contribution >= 0.6 is 0 Å². The van der Waals surface area contributed by atoms with Crippen LogP contribution in [-0.2, 0) is 19.1 Å². The second-order valence-corrected chi connectivity index (χ2v) is 12.8. The first kappa shape index (κ1) is 27.5. The minimum absolute atomic E-state index is 0.131. The fourth-order valence-electron chi connectivity index (χ4n) is 7.85. The maximum Gasteiger partial charge on any atom is 0.246 e. The van der Waals surface area contributed by atoms with E-state index in [9.17, 15) is 14.4 Å². The minimum Gasteiger partial charge on any atom is -0.359 e. The van der Waals surface area contributed by atoms with Crippen LogP contribution in [-0.4, -0.2) is 77.5 Å². The number of benzene rings is 1. The van der Waals surface area contributed by atoms with E-state index in [4.69, 9.17) is 4.74 Å². The smallest absolute Gasteiger partial charge is 0.246 e. The zero-order valence-electron chi connectivity index (χ0n) is 23.9. The monoisotopic (exact) mass is 548 g/mol. The molecule has 216 valence electrons. The molecule has 2 N–H and O–H groups in total. The molecule has 6 rings (SSSR count). The van der Waals surface area contributed by atoms with E-state index in [1.54, 1.807) is 4.90 Å². The van der Waals surface area contributed by atoms with E-state index in [-0.39, 0.29) is 23.8 Å². The summed E-state index contributed by atoms with van der Waals surface area (Å²) in [5, 5.41) is 6.29. The van der Waals surface area contributed by atoms with Crippen LogP contribution in [0.2, 0.25) is 0 Å². The molecular weight excluding hydrogens is 504 g/mol. The number of rotatable bonds is 8. The molecule has 0 aromatic heterocycles. The SMILES string of the molecule is Cc1ccc(NC(=O)C2[C@@H]3C=CC4(O3)C(C(=O)NC3CCCCC3)N(CCCN3CCCC(C)C3)C(=O)[C@H]24)cc1. The van der Waals surface area contributed by atoms with Crippen molar-refractivity contribution in [3.05, 3.63) is 42.0 Å². The molecule has 3 saturated heterocycles. The summed E-state index contributed by atoms with van der Waals surface area (Å²) in [6, 6.07) is 7.02. The second kappa shape index (κ2) is 11.3. The third-order valence-corrected chi connectivity index (χ3v) is 9.81. The average molecular weight is 549 g/mol. The second-order valence-electron chi connectivity index (χ2n) is 12.8. The van der Waals surface area contributed by atoms with Gasteiger partial charge in [0, 0.05) is 24.8 Å². The Hall–Kier alpha value is -2.71. The van der Waals surface area contributed by atoms with Crippen LogP contribution in [0.25, 0.3) is 0 Å². The summed E-state index contributed by atoms with van der Waals surface area (Å²) in [5.74, 6) is -1.18. The molecule has 1 spiro atoms. The molecule has 0 radical (unpaired) electrons. The first-order valence-corrected chi connectivity index (χ1v) is 15.4. The van der Waals surface area contributed by atoms with Gasteiger partial charge in [-0.05, 0) is 70.2 Å². The lowest BCUT2D eigenvalue weighted by molar-refractivity contribution is -0.141. The molecule has 4 unspecified atom stereocenters. The maximum atomic E-state index is 14.2. The van der Waals surface area contributed by atoms with Gasteiger partial charge in [0.25, 0.3) is 0 Å². The minimum atomic E-state index is -1.10. The van der Waals surface area contributed by atoms with Crippen LogP contribution in [0.4, 0.5) is 5.69 Å². The van der Waals surface area contributed by atoms with Crippen LogP contribution in [0.5, 0.6) is 0 Å². The van der Waals surface area contributed by atoms with Gasteiger partial charge in [-0.2, -0.15) is 0 Å². The zero-order valence-corrected chi connectivity index (χ0v) is 23.9. The average Bonchev–Trinajstić information content (AvgIpc) is 3.58. The van der Waals surface area contributed by atoms with Gasteiger partial charge >= 0.3 is 0 Å². The van der Waals surface area contributed by atoms with Gasteiger partial charge in [-0.3, -0.25) is 14.4 Å². The number of piperidine rings is 1. The van der Waals surface area contributed by atoms with E-state index in [2.05, 4.69) is 22.5 Å². The summed E-state index contributed by atoms with van der Waals surface area (Å²) in [4.78, 5) is 46.0. The number of ether oxygens (including phenoxy) is 1. The van der Waals surface area contributed by atoms with Crippen LogP contribution in [0.3, 0.4) is 0 Å². The lowest BCUT2D eigenvalue weighted by Crippen LogP contribution is -2.56. The van der Waals surface area contributed by atoms with E-state index in [0.29, 0.717) is 18.2 Å². The van der Waals surface area contributed by atoms with Gasteiger partial charge in [0.05, 0.1) is 17.9 Å². The lowest BCUT2D eigenvalue weighted by Gasteiger charge is -2.35. The number of hydrogen-bond donors (Lipinski definition) is 2. The quantitative estimate of drug-likeness (QED) is 0.484. The Morgan fingerprint density at radius 1 is 1.02 bits per heavy atom. The molecule has 8 heteroatoms. The predicted octanol–water partition coefficient (Wildman–Crippen LogP) is 3.66. The van der Waals surface area contributed by atoms with Crippen LogP contribution in [0.1, 0.15) is 63.9 Å².